The summed E-state index contributed by atoms with van der Waals surface area (Å²) in [6, 6.07) is 9.88. The fraction of sp³-hybridized carbons (Fsp3) is 0.421. The molecule has 0 unspecified atom stereocenters. The SMILES string of the molecule is CN=C(NCCC(=O)NCc1ccccc1)NCc1nc(C(C)C)cs1.I. The summed E-state index contributed by atoms with van der Waals surface area (Å²) < 4.78 is 0. The van der Waals surface area contributed by atoms with Crippen LogP contribution in [0.2, 0.25) is 0 Å². The number of rotatable bonds is 8. The number of nitrogens with zero attached hydrogens (tertiary/aromatic N) is 2. The van der Waals surface area contributed by atoms with Gasteiger partial charge in [0.2, 0.25) is 5.91 Å². The minimum Gasteiger partial charge on any atom is -0.356 e. The summed E-state index contributed by atoms with van der Waals surface area (Å²) in [4.78, 5) is 20.7. The van der Waals surface area contributed by atoms with Crippen molar-refractivity contribution in [3.05, 3.63) is 52.0 Å². The van der Waals surface area contributed by atoms with Gasteiger partial charge in [-0.3, -0.25) is 9.79 Å². The number of hydrogen-bond acceptors (Lipinski definition) is 4. The highest BCUT2D eigenvalue weighted by Gasteiger charge is 2.07. The largest absolute Gasteiger partial charge is 0.356 e. The van der Waals surface area contributed by atoms with Crippen molar-refractivity contribution in [2.45, 2.75) is 39.3 Å². The van der Waals surface area contributed by atoms with Crippen LogP contribution in [-0.4, -0.2) is 30.4 Å². The molecule has 0 aliphatic rings. The lowest BCUT2D eigenvalue weighted by Crippen LogP contribution is -2.38. The number of guanidine groups is 1. The molecule has 1 aromatic heterocycles. The van der Waals surface area contributed by atoms with Crippen molar-refractivity contribution in [1.29, 1.82) is 0 Å². The Kier molecular flexibility index (Phi) is 11.0. The van der Waals surface area contributed by atoms with E-state index in [4.69, 9.17) is 0 Å². The van der Waals surface area contributed by atoms with E-state index >= 15 is 0 Å². The van der Waals surface area contributed by atoms with Gasteiger partial charge in [-0.2, -0.15) is 0 Å². The van der Waals surface area contributed by atoms with Crippen LogP contribution in [-0.2, 0) is 17.9 Å². The van der Waals surface area contributed by atoms with Crippen LogP contribution in [0.3, 0.4) is 0 Å². The molecule has 0 saturated carbocycles. The van der Waals surface area contributed by atoms with Gasteiger partial charge in [0.05, 0.1) is 12.2 Å². The molecular weight excluding hydrogens is 473 g/mol. The third-order valence-corrected chi connectivity index (χ3v) is 4.64. The van der Waals surface area contributed by atoms with Crippen LogP contribution in [0.1, 0.15) is 42.5 Å². The Morgan fingerprint density at radius 2 is 1.89 bits per heavy atom. The molecule has 1 amide bonds. The number of amides is 1. The summed E-state index contributed by atoms with van der Waals surface area (Å²) in [6.45, 7) is 5.97. The minimum atomic E-state index is 0. The van der Waals surface area contributed by atoms with Gasteiger partial charge in [0.1, 0.15) is 5.01 Å². The first kappa shape index (κ1) is 23.4. The van der Waals surface area contributed by atoms with Crippen LogP contribution in [0.15, 0.2) is 40.7 Å². The number of benzene rings is 1. The molecule has 0 spiro atoms. The third kappa shape index (κ3) is 8.70. The van der Waals surface area contributed by atoms with E-state index in [1.165, 1.54) is 0 Å². The molecule has 0 aliphatic heterocycles. The molecule has 0 radical (unpaired) electrons. The minimum absolute atomic E-state index is 0. The van der Waals surface area contributed by atoms with Crippen molar-refractivity contribution in [1.82, 2.24) is 20.9 Å². The van der Waals surface area contributed by atoms with Gasteiger partial charge in [0.25, 0.3) is 0 Å². The third-order valence-electron chi connectivity index (χ3n) is 3.77. The number of halogens is 1. The van der Waals surface area contributed by atoms with Crippen molar-refractivity contribution >= 4 is 47.2 Å². The van der Waals surface area contributed by atoms with Gasteiger partial charge >= 0.3 is 0 Å². The van der Waals surface area contributed by atoms with Crippen molar-refractivity contribution in [2.75, 3.05) is 13.6 Å². The predicted molar refractivity (Wildman–Crippen MR) is 123 cm³/mol. The molecule has 148 valence electrons. The van der Waals surface area contributed by atoms with E-state index < -0.39 is 0 Å². The predicted octanol–water partition coefficient (Wildman–Crippen LogP) is 3.26. The van der Waals surface area contributed by atoms with Gasteiger partial charge in [-0.05, 0) is 11.5 Å². The van der Waals surface area contributed by atoms with Crippen molar-refractivity contribution in [3.63, 3.8) is 0 Å². The molecule has 0 atom stereocenters. The second kappa shape index (κ2) is 12.7. The molecule has 0 aliphatic carbocycles. The lowest BCUT2D eigenvalue weighted by Gasteiger charge is -2.11. The number of nitrogens with one attached hydrogen (secondary N) is 3. The van der Waals surface area contributed by atoms with E-state index in [1.807, 2.05) is 30.3 Å². The summed E-state index contributed by atoms with van der Waals surface area (Å²) in [5, 5.41) is 12.4. The molecule has 27 heavy (non-hydrogen) atoms. The molecule has 1 heterocycles. The van der Waals surface area contributed by atoms with E-state index in [0.717, 1.165) is 16.3 Å². The molecule has 3 N–H and O–H groups in total. The first-order valence-corrected chi connectivity index (χ1v) is 9.66. The maximum Gasteiger partial charge on any atom is 0.222 e. The average molecular weight is 501 g/mol. The van der Waals surface area contributed by atoms with Gasteiger partial charge in [0, 0.05) is 31.9 Å². The highest BCUT2D eigenvalue weighted by atomic mass is 127. The molecule has 0 saturated heterocycles. The number of aliphatic imine (C=N–C) groups is 1. The first-order chi connectivity index (χ1) is 12.6. The smallest absolute Gasteiger partial charge is 0.222 e. The zero-order valence-electron chi connectivity index (χ0n) is 16.0. The number of carbonyl (C=O) groups excluding carboxylic acids is 1. The highest BCUT2D eigenvalue weighted by Crippen LogP contribution is 2.17. The average Bonchev–Trinajstić information content (AvgIpc) is 3.13. The normalized spacial score (nSPS) is 11.0. The first-order valence-electron chi connectivity index (χ1n) is 8.78. The fourth-order valence-corrected chi connectivity index (χ4v) is 3.13. The van der Waals surface area contributed by atoms with Gasteiger partial charge in [-0.15, -0.1) is 35.3 Å². The Bertz CT molecular complexity index is 718. The summed E-state index contributed by atoms with van der Waals surface area (Å²) in [5.41, 5.74) is 2.21. The summed E-state index contributed by atoms with van der Waals surface area (Å²) in [5.74, 6) is 1.12. The van der Waals surface area contributed by atoms with Crippen LogP contribution in [0.5, 0.6) is 0 Å². The number of thiazole rings is 1. The summed E-state index contributed by atoms with van der Waals surface area (Å²) >= 11 is 1.64. The Hall–Kier alpha value is -1.68. The number of carbonyl (C=O) groups is 1. The van der Waals surface area contributed by atoms with E-state index in [9.17, 15) is 4.79 Å². The van der Waals surface area contributed by atoms with Crippen LogP contribution in [0, 0.1) is 0 Å². The van der Waals surface area contributed by atoms with Crippen molar-refractivity contribution < 1.29 is 4.79 Å². The molecule has 1 aromatic carbocycles. The molecule has 0 fully saturated rings. The second-order valence-electron chi connectivity index (χ2n) is 6.19. The zero-order valence-corrected chi connectivity index (χ0v) is 19.1. The lowest BCUT2D eigenvalue weighted by molar-refractivity contribution is -0.121. The summed E-state index contributed by atoms with van der Waals surface area (Å²) in [7, 11) is 1.71. The monoisotopic (exact) mass is 501 g/mol. The highest BCUT2D eigenvalue weighted by molar-refractivity contribution is 14.0. The van der Waals surface area contributed by atoms with E-state index in [1.54, 1.807) is 18.4 Å². The maximum absolute atomic E-state index is 11.9. The Morgan fingerprint density at radius 3 is 2.52 bits per heavy atom. The van der Waals surface area contributed by atoms with E-state index in [2.05, 4.69) is 45.2 Å². The zero-order chi connectivity index (χ0) is 18.8. The Balaban J connectivity index is 0.00000364. The van der Waals surface area contributed by atoms with E-state index in [-0.39, 0.29) is 29.9 Å². The Morgan fingerprint density at radius 1 is 1.15 bits per heavy atom. The number of hydrogen-bond donors (Lipinski definition) is 3. The molecule has 2 aromatic rings. The molecule has 0 bridgehead atoms. The van der Waals surface area contributed by atoms with Gasteiger partial charge < -0.3 is 16.0 Å². The molecule has 8 heteroatoms. The fourth-order valence-electron chi connectivity index (χ4n) is 2.23. The quantitative estimate of drug-likeness (QED) is 0.295. The summed E-state index contributed by atoms with van der Waals surface area (Å²) in [6.07, 6.45) is 0.391. The van der Waals surface area contributed by atoms with Crippen LogP contribution >= 0.6 is 35.3 Å². The number of aromatic nitrogens is 1. The molecule has 2 rings (SSSR count). The topological polar surface area (TPSA) is 78.4 Å². The second-order valence-corrected chi connectivity index (χ2v) is 7.13. The van der Waals surface area contributed by atoms with E-state index in [0.29, 0.717) is 37.9 Å². The molecular formula is C19H28IN5OS. The van der Waals surface area contributed by atoms with Crippen LogP contribution < -0.4 is 16.0 Å². The van der Waals surface area contributed by atoms with Gasteiger partial charge in [-0.1, -0.05) is 44.2 Å². The van der Waals surface area contributed by atoms with Gasteiger partial charge in [-0.25, -0.2) is 4.98 Å². The Labute approximate surface area is 182 Å². The lowest BCUT2D eigenvalue weighted by atomic mass is 10.2. The standard InChI is InChI=1S/C19H27N5OS.HI/c1-14(2)16-13-26-18(24-16)12-23-19(20-3)21-10-9-17(25)22-11-15-7-5-4-6-8-15;/h4-8,13-14H,9-12H2,1-3H3,(H,22,25)(H2,20,21,23);1H. The maximum atomic E-state index is 11.9. The van der Waals surface area contributed by atoms with Crippen molar-refractivity contribution in [3.8, 4) is 0 Å². The molecule has 6 nitrogen and oxygen atoms in total. The van der Waals surface area contributed by atoms with Crippen LogP contribution in [0.4, 0.5) is 0 Å². The van der Waals surface area contributed by atoms with Crippen molar-refractivity contribution in [2.24, 2.45) is 4.99 Å². The van der Waals surface area contributed by atoms with Crippen LogP contribution in [0.25, 0.3) is 0 Å². The van der Waals surface area contributed by atoms with Gasteiger partial charge in [0.15, 0.2) is 5.96 Å².